The molecular weight excluding hydrogens is 436 g/mol. The minimum atomic E-state index is -0.0832. The Hall–Kier alpha value is -3.64. The molecular formula is C29H32N4O2. The summed E-state index contributed by atoms with van der Waals surface area (Å²) >= 11 is 0. The molecule has 1 aliphatic rings. The summed E-state index contributed by atoms with van der Waals surface area (Å²) in [5.74, 6) is 0.627. The van der Waals surface area contributed by atoms with Crippen molar-refractivity contribution < 1.29 is 9.53 Å². The molecule has 0 saturated carbocycles. The number of piperidine rings is 1. The number of likely N-dealkylation sites (tertiary alicyclic amines) is 1. The molecule has 0 aliphatic carbocycles. The van der Waals surface area contributed by atoms with Crippen LogP contribution in [-0.2, 0) is 19.7 Å². The van der Waals surface area contributed by atoms with E-state index in [1.54, 1.807) is 12.1 Å². The second kappa shape index (κ2) is 10.7. The molecule has 1 amide bonds. The predicted molar refractivity (Wildman–Crippen MR) is 137 cm³/mol. The number of amides is 1. The van der Waals surface area contributed by atoms with Crippen molar-refractivity contribution in [2.75, 3.05) is 13.1 Å². The third-order valence-electron chi connectivity index (χ3n) is 6.63. The van der Waals surface area contributed by atoms with Crippen LogP contribution in [0.3, 0.4) is 0 Å². The first-order chi connectivity index (χ1) is 17.2. The number of benzene rings is 2. The number of carbonyl (C=O) groups is 1. The zero-order valence-corrected chi connectivity index (χ0v) is 20.2. The third-order valence-corrected chi connectivity index (χ3v) is 6.63. The van der Waals surface area contributed by atoms with E-state index in [0.717, 1.165) is 36.5 Å². The number of aryl methyl sites for hydroxylation is 1. The molecule has 1 aliphatic heterocycles. The first-order valence-electron chi connectivity index (χ1n) is 12.4. The van der Waals surface area contributed by atoms with Crippen LogP contribution in [0.25, 0.3) is 5.65 Å². The number of hydrogen-bond acceptors (Lipinski definition) is 4. The highest BCUT2D eigenvalue weighted by molar-refractivity contribution is 5.94. The number of pyridine rings is 1. The van der Waals surface area contributed by atoms with Gasteiger partial charge < -0.3 is 14.5 Å². The molecule has 1 saturated heterocycles. The van der Waals surface area contributed by atoms with Gasteiger partial charge in [0, 0.05) is 31.0 Å². The molecule has 0 unspecified atom stereocenters. The van der Waals surface area contributed by atoms with Crippen molar-refractivity contribution >= 4 is 11.6 Å². The fourth-order valence-electron chi connectivity index (χ4n) is 4.65. The van der Waals surface area contributed by atoms with Gasteiger partial charge in [-0.1, -0.05) is 36.8 Å². The van der Waals surface area contributed by atoms with E-state index in [1.165, 1.54) is 30.4 Å². The Kier molecular flexibility index (Phi) is 7.09. The Morgan fingerprint density at radius 1 is 0.971 bits per heavy atom. The lowest BCUT2D eigenvalue weighted by atomic mass is 10.0. The van der Waals surface area contributed by atoms with Crippen LogP contribution in [0, 0.1) is 6.92 Å². The van der Waals surface area contributed by atoms with Crippen LogP contribution in [0.4, 0.5) is 0 Å². The molecule has 0 radical (unpaired) electrons. The number of carbonyl (C=O) groups excluding carboxylic acids is 1. The number of imidazole rings is 1. The number of aromatic nitrogens is 2. The highest BCUT2D eigenvalue weighted by atomic mass is 16.5. The van der Waals surface area contributed by atoms with Crippen molar-refractivity contribution in [2.45, 2.75) is 45.9 Å². The van der Waals surface area contributed by atoms with Gasteiger partial charge in [0.25, 0.3) is 5.91 Å². The zero-order chi connectivity index (χ0) is 24.0. The maximum absolute atomic E-state index is 12.8. The molecule has 2 aromatic heterocycles. The van der Waals surface area contributed by atoms with E-state index in [9.17, 15) is 4.79 Å². The second-order valence-electron chi connectivity index (χ2n) is 9.26. The Labute approximate surface area is 206 Å². The minimum Gasteiger partial charge on any atom is -0.487 e. The lowest BCUT2D eigenvalue weighted by Crippen LogP contribution is -2.30. The van der Waals surface area contributed by atoms with Crippen LogP contribution >= 0.6 is 0 Å². The topological polar surface area (TPSA) is 58.9 Å². The standard InChI is InChI=1S/C29H32N4O2/c1-22-8-7-17-33-20-26(31-28(22)33)21-35-27-13-11-23(12-14-27)29(34)30-18-24-9-3-4-10-25(24)19-32-15-5-2-6-16-32/h3-4,7-14,17,20H,2,5-6,15-16,18-19,21H2,1H3,(H,30,34). The smallest absolute Gasteiger partial charge is 0.251 e. The number of ether oxygens (including phenoxy) is 1. The van der Waals surface area contributed by atoms with Gasteiger partial charge in [0.15, 0.2) is 0 Å². The summed E-state index contributed by atoms with van der Waals surface area (Å²) in [7, 11) is 0. The normalized spacial score (nSPS) is 14.2. The molecule has 5 rings (SSSR count). The predicted octanol–water partition coefficient (Wildman–Crippen LogP) is 5.14. The Bertz CT molecular complexity index is 1290. The highest BCUT2D eigenvalue weighted by Crippen LogP contribution is 2.18. The molecule has 3 heterocycles. The van der Waals surface area contributed by atoms with E-state index in [1.807, 2.05) is 54.0 Å². The Balaban J connectivity index is 1.15. The van der Waals surface area contributed by atoms with Crippen LogP contribution in [0.15, 0.2) is 73.1 Å². The fourth-order valence-corrected chi connectivity index (χ4v) is 4.65. The number of hydrogen-bond donors (Lipinski definition) is 1. The highest BCUT2D eigenvalue weighted by Gasteiger charge is 2.13. The molecule has 6 heteroatoms. The molecule has 1 fully saturated rings. The Morgan fingerprint density at radius 2 is 1.74 bits per heavy atom. The monoisotopic (exact) mass is 468 g/mol. The molecule has 35 heavy (non-hydrogen) atoms. The van der Waals surface area contributed by atoms with Crippen molar-refractivity contribution in [3.05, 3.63) is 101 Å². The average molecular weight is 469 g/mol. The largest absolute Gasteiger partial charge is 0.487 e. The summed E-state index contributed by atoms with van der Waals surface area (Å²) in [4.78, 5) is 19.9. The van der Waals surface area contributed by atoms with E-state index >= 15 is 0 Å². The van der Waals surface area contributed by atoms with Gasteiger partial charge in [-0.3, -0.25) is 9.69 Å². The molecule has 4 aromatic rings. The maximum Gasteiger partial charge on any atom is 0.251 e. The van der Waals surface area contributed by atoms with E-state index in [2.05, 4.69) is 33.4 Å². The van der Waals surface area contributed by atoms with Crippen LogP contribution in [0.2, 0.25) is 0 Å². The van der Waals surface area contributed by atoms with Crippen LogP contribution in [0.1, 0.15) is 52.0 Å². The summed E-state index contributed by atoms with van der Waals surface area (Å²) in [5, 5.41) is 3.08. The van der Waals surface area contributed by atoms with E-state index in [4.69, 9.17) is 4.74 Å². The number of nitrogens with one attached hydrogen (secondary N) is 1. The molecule has 0 spiro atoms. The molecule has 6 nitrogen and oxygen atoms in total. The Morgan fingerprint density at radius 3 is 2.51 bits per heavy atom. The molecule has 0 bridgehead atoms. The molecule has 180 valence electrons. The van der Waals surface area contributed by atoms with Gasteiger partial charge in [0.2, 0.25) is 0 Å². The first-order valence-corrected chi connectivity index (χ1v) is 12.4. The van der Waals surface area contributed by atoms with Gasteiger partial charge in [0.05, 0.1) is 5.69 Å². The number of fused-ring (bicyclic) bond motifs is 1. The molecule has 2 aromatic carbocycles. The molecule has 1 N–H and O–H groups in total. The minimum absolute atomic E-state index is 0.0832. The molecule has 0 atom stereocenters. The van der Waals surface area contributed by atoms with Gasteiger partial charge in [-0.2, -0.15) is 0 Å². The van der Waals surface area contributed by atoms with Crippen molar-refractivity contribution in [2.24, 2.45) is 0 Å². The summed E-state index contributed by atoms with van der Waals surface area (Å²) in [6, 6.07) is 19.7. The van der Waals surface area contributed by atoms with Crippen LogP contribution in [0.5, 0.6) is 5.75 Å². The van der Waals surface area contributed by atoms with Crippen molar-refractivity contribution in [1.82, 2.24) is 19.6 Å². The first kappa shape index (κ1) is 23.1. The van der Waals surface area contributed by atoms with Gasteiger partial charge >= 0.3 is 0 Å². The van der Waals surface area contributed by atoms with Crippen molar-refractivity contribution in [3.8, 4) is 5.75 Å². The van der Waals surface area contributed by atoms with E-state index < -0.39 is 0 Å². The van der Waals surface area contributed by atoms with Gasteiger partial charge in [0.1, 0.15) is 18.0 Å². The van der Waals surface area contributed by atoms with Crippen LogP contribution < -0.4 is 10.1 Å². The van der Waals surface area contributed by atoms with E-state index in [0.29, 0.717) is 24.5 Å². The SMILES string of the molecule is Cc1cccn2cc(COc3ccc(C(=O)NCc4ccccc4CN4CCCCC4)cc3)nc12. The van der Waals surface area contributed by atoms with Crippen LogP contribution in [-0.4, -0.2) is 33.3 Å². The lowest BCUT2D eigenvalue weighted by molar-refractivity contribution is 0.0950. The van der Waals surface area contributed by atoms with E-state index in [-0.39, 0.29) is 5.91 Å². The lowest BCUT2D eigenvalue weighted by Gasteiger charge is -2.27. The average Bonchev–Trinajstić information content (AvgIpc) is 3.32. The summed E-state index contributed by atoms with van der Waals surface area (Å²) in [6.07, 6.45) is 7.85. The van der Waals surface area contributed by atoms with Crippen molar-refractivity contribution in [3.63, 3.8) is 0 Å². The second-order valence-corrected chi connectivity index (χ2v) is 9.26. The third kappa shape index (κ3) is 5.72. The number of nitrogens with zero attached hydrogens (tertiary/aromatic N) is 3. The fraction of sp³-hybridized carbons (Fsp3) is 0.310. The number of rotatable bonds is 8. The summed E-state index contributed by atoms with van der Waals surface area (Å²) in [5.41, 5.74) is 6.02. The summed E-state index contributed by atoms with van der Waals surface area (Å²) < 4.78 is 7.91. The van der Waals surface area contributed by atoms with Gasteiger partial charge in [-0.25, -0.2) is 4.98 Å². The zero-order valence-electron chi connectivity index (χ0n) is 20.2. The summed E-state index contributed by atoms with van der Waals surface area (Å²) in [6.45, 7) is 6.21. The maximum atomic E-state index is 12.8. The van der Waals surface area contributed by atoms with Gasteiger partial charge in [-0.15, -0.1) is 0 Å². The van der Waals surface area contributed by atoms with Gasteiger partial charge in [-0.05, 0) is 79.9 Å². The quantitative estimate of drug-likeness (QED) is 0.389. The van der Waals surface area contributed by atoms with Crippen molar-refractivity contribution in [1.29, 1.82) is 0 Å².